The molecule has 7 nitrogen and oxygen atoms in total. The minimum absolute atomic E-state index is 0.562. The largest absolute Gasteiger partial charge is 0.321 e. The number of thiophene rings is 1. The van der Waals surface area contributed by atoms with Gasteiger partial charge in [-0.1, -0.05) is 73.7 Å². The van der Waals surface area contributed by atoms with E-state index in [1.807, 2.05) is 30.3 Å². The number of aromatic amines is 1. The highest BCUT2D eigenvalue weighted by Gasteiger charge is 2.20. The molecule has 1 N–H and O–H groups in total. The third-order valence-corrected chi connectivity index (χ3v) is 7.57. The maximum absolute atomic E-state index is 12.4. The predicted molar refractivity (Wildman–Crippen MR) is 147 cm³/mol. The molecule has 0 unspecified atom stereocenters. The number of imidazole rings is 1. The Morgan fingerprint density at radius 1 is 0.973 bits per heavy atom. The molecule has 8 heteroatoms. The van der Waals surface area contributed by atoms with Crippen molar-refractivity contribution in [3.05, 3.63) is 95.9 Å². The summed E-state index contributed by atoms with van der Waals surface area (Å²) in [5, 5.41) is 15.7. The van der Waals surface area contributed by atoms with Gasteiger partial charge in [0.2, 0.25) is 5.82 Å². The summed E-state index contributed by atoms with van der Waals surface area (Å²) in [6.45, 7) is 2.71. The van der Waals surface area contributed by atoms with Gasteiger partial charge in [-0.05, 0) is 45.8 Å². The Balaban J connectivity index is 1.35. The van der Waals surface area contributed by atoms with Crippen LogP contribution in [0.3, 0.4) is 0 Å². The molecule has 0 amide bonds. The molecule has 3 heterocycles. The summed E-state index contributed by atoms with van der Waals surface area (Å²) in [4.78, 5) is 18.3. The van der Waals surface area contributed by atoms with E-state index in [2.05, 4.69) is 80.6 Å². The fourth-order valence-corrected chi connectivity index (χ4v) is 5.74. The fraction of sp³-hybridized carbons (Fsp3) is 0.138. The number of fused-ring (bicyclic) bond motifs is 1. The number of benzene rings is 3. The molecule has 0 aliphatic carbocycles. The zero-order valence-electron chi connectivity index (χ0n) is 20.3. The number of aldehydes is 1. The molecule has 0 aliphatic rings. The Hall–Kier alpha value is -4.43. The first kappa shape index (κ1) is 23.0. The highest BCUT2D eigenvalue weighted by Crippen LogP contribution is 2.35. The zero-order valence-corrected chi connectivity index (χ0v) is 21.1. The van der Waals surface area contributed by atoms with Crippen molar-refractivity contribution in [3.63, 3.8) is 0 Å². The number of H-pyrrole nitrogens is 1. The number of hydrogen-bond donors (Lipinski definition) is 1. The third kappa shape index (κ3) is 4.36. The van der Waals surface area contributed by atoms with Crippen LogP contribution < -0.4 is 0 Å². The zero-order chi connectivity index (χ0) is 25.2. The first-order valence-electron chi connectivity index (χ1n) is 12.2. The molecule has 0 fully saturated rings. The van der Waals surface area contributed by atoms with E-state index in [1.54, 1.807) is 11.3 Å². The molecule has 3 aromatic carbocycles. The highest BCUT2D eigenvalue weighted by molar-refractivity contribution is 7.22. The second kappa shape index (κ2) is 9.91. The van der Waals surface area contributed by atoms with Crippen molar-refractivity contribution >= 4 is 27.7 Å². The monoisotopic (exact) mass is 504 g/mol. The van der Waals surface area contributed by atoms with Crippen molar-refractivity contribution in [1.82, 2.24) is 30.2 Å². The number of aryl methyl sites for hydroxylation is 1. The lowest BCUT2D eigenvalue weighted by Gasteiger charge is -2.11. The van der Waals surface area contributed by atoms with Crippen LogP contribution in [0.5, 0.6) is 0 Å². The number of aromatic nitrogens is 6. The molecular formula is C29H24N6OS. The SMILES string of the molecule is CCCc1nc(-c2cc3ccccc3s2)c(C=O)n1Cc1ccc(-c2ccccc2-c2nn[nH]n2)cc1. The van der Waals surface area contributed by atoms with Crippen molar-refractivity contribution in [3.8, 4) is 33.1 Å². The summed E-state index contributed by atoms with van der Waals surface area (Å²) in [7, 11) is 0. The van der Waals surface area contributed by atoms with Gasteiger partial charge in [0.05, 0.1) is 4.88 Å². The van der Waals surface area contributed by atoms with E-state index in [1.165, 1.54) is 10.1 Å². The Kier molecular flexibility index (Phi) is 6.16. The lowest BCUT2D eigenvalue weighted by molar-refractivity contribution is 0.111. The summed E-state index contributed by atoms with van der Waals surface area (Å²) >= 11 is 1.67. The summed E-state index contributed by atoms with van der Waals surface area (Å²) in [6.07, 6.45) is 2.70. The summed E-state index contributed by atoms with van der Waals surface area (Å²) in [5.41, 5.74) is 5.50. The second-order valence-electron chi connectivity index (χ2n) is 8.84. The van der Waals surface area contributed by atoms with Crippen LogP contribution in [0.4, 0.5) is 0 Å². The lowest BCUT2D eigenvalue weighted by Crippen LogP contribution is -2.08. The van der Waals surface area contributed by atoms with Crippen molar-refractivity contribution in [2.24, 2.45) is 0 Å². The molecule has 6 rings (SSSR count). The number of nitrogens with zero attached hydrogens (tertiary/aromatic N) is 5. The van der Waals surface area contributed by atoms with E-state index >= 15 is 0 Å². The topological polar surface area (TPSA) is 89.4 Å². The number of rotatable bonds is 8. The molecular weight excluding hydrogens is 480 g/mol. The van der Waals surface area contributed by atoms with E-state index in [0.29, 0.717) is 18.1 Å². The molecule has 0 saturated carbocycles. The first-order valence-corrected chi connectivity index (χ1v) is 13.0. The normalized spacial score (nSPS) is 11.3. The van der Waals surface area contributed by atoms with Crippen LogP contribution in [0.15, 0.2) is 78.9 Å². The van der Waals surface area contributed by atoms with Crippen LogP contribution >= 0.6 is 11.3 Å². The van der Waals surface area contributed by atoms with Gasteiger partial charge in [0.15, 0.2) is 6.29 Å². The maximum atomic E-state index is 12.4. The van der Waals surface area contributed by atoms with Crippen molar-refractivity contribution in [1.29, 1.82) is 0 Å². The van der Waals surface area contributed by atoms with Crippen LogP contribution in [-0.2, 0) is 13.0 Å². The van der Waals surface area contributed by atoms with Crippen molar-refractivity contribution < 1.29 is 4.79 Å². The minimum Gasteiger partial charge on any atom is -0.321 e. The summed E-state index contributed by atoms with van der Waals surface area (Å²) in [5.74, 6) is 1.50. The molecule has 6 aromatic rings. The Morgan fingerprint density at radius 2 is 1.76 bits per heavy atom. The third-order valence-electron chi connectivity index (χ3n) is 6.45. The standard InChI is InChI=1S/C29H24N6OS/c1-2-7-27-30-28(26-16-21-8-3-6-11-25(21)37-26)24(18-36)35(27)17-19-12-14-20(15-13-19)22-9-4-5-10-23(22)29-31-33-34-32-29/h3-6,8-16,18H,2,7,17H2,1H3,(H,31,32,33,34). The van der Waals surface area contributed by atoms with Gasteiger partial charge in [-0.3, -0.25) is 4.79 Å². The lowest BCUT2D eigenvalue weighted by atomic mass is 9.98. The van der Waals surface area contributed by atoms with E-state index in [4.69, 9.17) is 4.98 Å². The highest BCUT2D eigenvalue weighted by atomic mass is 32.1. The average Bonchev–Trinajstić information content (AvgIpc) is 3.69. The number of carbonyl (C=O) groups excluding carboxylic acids is 1. The Labute approximate surface area is 217 Å². The number of hydrogen-bond acceptors (Lipinski definition) is 6. The van der Waals surface area contributed by atoms with E-state index in [0.717, 1.165) is 57.8 Å². The van der Waals surface area contributed by atoms with Gasteiger partial charge < -0.3 is 4.57 Å². The van der Waals surface area contributed by atoms with Gasteiger partial charge in [0.1, 0.15) is 17.2 Å². The van der Waals surface area contributed by atoms with Crippen molar-refractivity contribution in [2.75, 3.05) is 0 Å². The number of carbonyl (C=O) groups is 1. The quantitative estimate of drug-likeness (QED) is 0.241. The predicted octanol–water partition coefficient (Wildman–Crippen LogP) is 6.43. The number of nitrogens with one attached hydrogen (secondary N) is 1. The Morgan fingerprint density at radius 3 is 2.49 bits per heavy atom. The maximum Gasteiger partial charge on any atom is 0.205 e. The molecule has 0 bridgehead atoms. The molecule has 0 atom stereocenters. The molecule has 0 spiro atoms. The van der Waals surface area contributed by atoms with Crippen molar-refractivity contribution in [2.45, 2.75) is 26.3 Å². The van der Waals surface area contributed by atoms with Gasteiger partial charge in [-0.2, -0.15) is 5.21 Å². The average molecular weight is 505 g/mol. The van der Waals surface area contributed by atoms with Gasteiger partial charge in [0, 0.05) is 23.2 Å². The van der Waals surface area contributed by atoms with E-state index in [9.17, 15) is 4.79 Å². The first-order chi connectivity index (χ1) is 18.2. The molecule has 3 aromatic heterocycles. The van der Waals surface area contributed by atoms with E-state index < -0.39 is 0 Å². The van der Waals surface area contributed by atoms with Crippen LogP contribution in [0, 0.1) is 0 Å². The van der Waals surface area contributed by atoms with Crippen LogP contribution in [-0.4, -0.2) is 36.5 Å². The Bertz CT molecular complexity index is 1650. The van der Waals surface area contributed by atoms with Crippen LogP contribution in [0.25, 0.3) is 43.2 Å². The van der Waals surface area contributed by atoms with Gasteiger partial charge in [-0.15, -0.1) is 21.5 Å². The molecule has 0 radical (unpaired) electrons. The summed E-state index contributed by atoms with van der Waals surface area (Å²) in [6, 6.07) is 26.8. The van der Waals surface area contributed by atoms with E-state index in [-0.39, 0.29) is 0 Å². The molecule has 0 saturated heterocycles. The molecule has 182 valence electrons. The molecule has 37 heavy (non-hydrogen) atoms. The minimum atomic E-state index is 0.562. The summed E-state index contributed by atoms with van der Waals surface area (Å²) < 4.78 is 3.26. The van der Waals surface area contributed by atoms with Crippen LogP contribution in [0.2, 0.25) is 0 Å². The van der Waals surface area contributed by atoms with Gasteiger partial charge in [0.25, 0.3) is 0 Å². The fourth-order valence-electron chi connectivity index (χ4n) is 4.68. The van der Waals surface area contributed by atoms with Crippen LogP contribution in [0.1, 0.15) is 35.2 Å². The van der Waals surface area contributed by atoms with Gasteiger partial charge >= 0.3 is 0 Å². The second-order valence-corrected chi connectivity index (χ2v) is 9.93. The number of tetrazole rings is 1. The van der Waals surface area contributed by atoms with Gasteiger partial charge in [-0.25, -0.2) is 4.98 Å². The molecule has 0 aliphatic heterocycles. The smallest absolute Gasteiger partial charge is 0.205 e.